The molecule has 0 radical (unpaired) electrons. The second kappa shape index (κ2) is 6.66. The molecule has 8 heteroatoms. The van der Waals surface area contributed by atoms with Gasteiger partial charge >= 0.3 is 0 Å². The van der Waals surface area contributed by atoms with E-state index in [2.05, 4.69) is 15.4 Å². The number of fused-ring (bicyclic) bond motifs is 2. The number of pyridine rings is 1. The lowest BCUT2D eigenvalue weighted by Crippen LogP contribution is -2.57. The third-order valence-electron chi connectivity index (χ3n) is 4.84. The van der Waals surface area contributed by atoms with Crippen LogP contribution in [0.2, 0.25) is 5.02 Å². The largest absolute Gasteiger partial charge is 0.389 e. The van der Waals surface area contributed by atoms with Crippen molar-refractivity contribution < 1.29 is 14.6 Å². The molecule has 2 aromatic rings. The first-order valence-corrected chi connectivity index (χ1v) is 8.72. The zero-order valence-electron chi connectivity index (χ0n) is 14.1. The number of ether oxygens (including phenoxy) is 2. The number of aromatic nitrogens is 3. The van der Waals surface area contributed by atoms with Crippen molar-refractivity contribution >= 4 is 11.6 Å². The first-order chi connectivity index (χ1) is 12.0. The second-order valence-corrected chi connectivity index (χ2v) is 7.01. The standard InChI is InChI=1S/C17H21ClN4O3/c1-9-5-10(2)22(21-9)15-16(23)14(13-8-24-17(15)25-13)20-6-11-3-4-19-7-12(11)18/h3-5,7,13-17,20,23H,6,8H2,1-2H3/t13-,14-,15-,16+,17-/m1/s1. The van der Waals surface area contributed by atoms with Crippen molar-refractivity contribution in [1.82, 2.24) is 20.1 Å². The van der Waals surface area contributed by atoms with Crippen LogP contribution in [0.1, 0.15) is 23.0 Å². The van der Waals surface area contributed by atoms with Gasteiger partial charge in [0.1, 0.15) is 12.1 Å². The summed E-state index contributed by atoms with van der Waals surface area (Å²) in [6.45, 7) is 4.85. The summed E-state index contributed by atoms with van der Waals surface area (Å²) in [6.07, 6.45) is 1.93. The highest BCUT2D eigenvalue weighted by molar-refractivity contribution is 6.31. The molecule has 0 saturated carbocycles. The van der Waals surface area contributed by atoms with Crippen molar-refractivity contribution in [3.05, 3.63) is 46.5 Å². The molecule has 25 heavy (non-hydrogen) atoms. The number of hydrogen-bond acceptors (Lipinski definition) is 6. The highest BCUT2D eigenvalue weighted by Crippen LogP contribution is 2.36. The van der Waals surface area contributed by atoms with Crippen LogP contribution < -0.4 is 5.32 Å². The zero-order valence-corrected chi connectivity index (χ0v) is 14.8. The summed E-state index contributed by atoms with van der Waals surface area (Å²) in [7, 11) is 0. The van der Waals surface area contributed by atoms with Crippen LogP contribution in [-0.4, -0.2) is 51.0 Å². The summed E-state index contributed by atoms with van der Waals surface area (Å²) in [6, 6.07) is 3.17. The fraction of sp³-hybridized carbons (Fsp3) is 0.529. The van der Waals surface area contributed by atoms with Gasteiger partial charge in [0.2, 0.25) is 0 Å². The first-order valence-electron chi connectivity index (χ1n) is 8.34. The Balaban J connectivity index is 1.56. The van der Waals surface area contributed by atoms with Crippen molar-refractivity contribution in [2.75, 3.05) is 6.61 Å². The summed E-state index contributed by atoms with van der Waals surface area (Å²) in [5.41, 5.74) is 2.79. The molecule has 0 spiro atoms. The maximum Gasteiger partial charge on any atom is 0.183 e. The summed E-state index contributed by atoms with van der Waals surface area (Å²) in [5, 5.41) is 19.5. The van der Waals surface area contributed by atoms with Gasteiger partial charge in [-0.2, -0.15) is 5.10 Å². The molecule has 0 unspecified atom stereocenters. The predicted molar refractivity (Wildman–Crippen MR) is 91.2 cm³/mol. The number of aliphatic hydroxyl groups is 1. The van der Waals surface area contributed by atoms with E-state index in [1.54, 1.807) is 17.1 Å². The summed E-state index contributed by atoms with van der Waals surface area (Å²) in [5.74, 6) is 0. The van der Waals surface area contributed by atoms with E-state index in [0.717, 1.165) is 17.0 Å². The Morgan fingerprint density at radius 1 is 1.44 bits per heavy atom. The average molecular weight is 365 g/mol. The lowest BCUT2D eigenvalue weighted by molar-refractivity contribution is -0.168. The number of nitrogens with zero attached hydrogens (tertiary/aromatic N) is 3. The van der Waals surface area contributed by atoms with E-state index in [9.17, 15) is 5.11 Å². The van der Waals surface area contributed by atoms with Crippen LogP contribution in [0.4, 0.5) is 0 Å². The van der Waals surface area contributed by atoms with Crippen LogP contribution in [0, 0.1) is 13.8 Å². The van der Waals surface area contributed by atoms with Crippen LogP contribution in [0.3, 0.4) is 0 Å². The van der Waals surface area contributed by atoms with Gasteiger partial charge in [-0.3, -0.25) is 9.67 Å². The Morgan fingerprint density at radius 3 is 3.00 bits per heavy atom. The first kappa shape index (κ1) is 16.9. The minimum Gasteiger partial charge on any atom is -0.389 e. The number of hydrogen-bond donors (Lipinski definition) is 2. The molecule has 2 bridgehead atoms. The maximum atomic E-state index is 11.0. The van der Waals surface area contributed by atoms with Crippen LogP contribution in [-0.2, 0) is 16.0 Å². The van der Waals surface area contributed by atoms with Crippen LogP contribution >= 0.6 is 11.6 Å². The highest BCUT2D eigenvalue weighted by Gasteiger charge is 2.51. The van der Waals surface area contributed by atoms with Gasteiger partial charge in [-0.25, -0.2) is 0 Å². The molecular formula is C17H21ClN4O3. The smallest absolute Gasteiger partial charge is 0.183 e. The molecule has 2 aromatic heterocycles. The maximum absolute atomic E-state index is 11.0. The molecule has 2 fully saturated rings. The van der Waals surface area contributed by atoms with Crippen molar-refractivity contribution in [3.8, 4) is 0 Å². The van der Waals surface area contributed by atoms with Crippen molar-refractivity contribution in [3.63, 3.8) is 0 Å². The molecule has 0 aromatic carbocycles. The minimum absolute atomic E-state index is 0.200. The van der Waals surface area contributed by atoms with E-state index >= 15 is 0 Å². The predicted octanol–water partition coefficient (Wildman–Crippen LogP) is 1.36. The molecule has 0 amide bonds. The van der Waals surface area contributed by atoms with Gasteiger partial charge < -0.3 is 19.9 Å². The lowest BCUT2D eigenvalue weighted by atomic mass is 9.95. The Morgan fingerprint density at radius 2 is 2.28 bits per heavy atom. The number of rotatable bonds is 4. The molecule has 4 rings (SSSR count). The van der Waals surface area contributed by atoms with E-state index in [1.165, 1.54) is 0 Å². The summed E-state index contributed by atoms with van der Waals surface area (Å²) in [4.78, 5) is 3.99. The van der Waals surface area contributed by atoms with Crippen molar-refractivity contribution in [2.45, 2.75) is 51.0 Å². The highest BCUT2D eigenvalue weighted by atomic mass is 35.5. The number of aryl methyl sites for hydroxylation is 2. The van der Waals surface area contributed by atoms with Gasteiger partial charge in [0, 0.05) is 24.6 Å². The van der Waals surface area contributed by atoms with Gasteiger partial charge in [-0.15, -0.1) is 0 Å². The van der Waals surface area contributed by atoms with Crippen molar-refractivity contribution in [1.29, 1.82) is 0 Å². The monoisotopic (exact) mass is 364 g/mol. The molecule has 0 aliphatic carbocycles. The molecular weight excluding hydrogens is 344 g/mol. The zero-order chi connectivity index (χ0) is 17.6. The minimum atomic E-state index is -0.690. The van der Waals surface area contributed by atoms with Crippen molar-refractivity contribution in [2.24, 2.45) is 0 Å². The molecule has 2 aliphatic heterocycles. The Bertz CT molecular complexity index is 768. The SMILES string of the molecule is Cc1cc(C)n([C@H]2[C@@H]3OC[C@@H](O3)[C@@H](NCc3ccncc3Cl)[C@@H]2O)n1. The molecule has 2 N–H and O–H groups in total. The molecule has 4 heterocycles. The summed E-state index contributed by atoms with van der Waals surface area (Å²) >= 11 is 6.17. The molecule has 134 valence electrons. The average Bonchev–Trinajstić information content (AvgIpc) is 3.14. The third kappa shape index (κ3) is 3.07. The van der Waals surface area contributed by atoms with Gasteiger partial charge in [-0.1, -0.05) is 11.6 Å². The van der Waals surface area contributed by atoms with E-state index in [4.69, 9.17) is 21.1 Å². The summed E-state index contributed by atoms with van der Waals surface area (Å²) < 4.78 is 13.6. The van der Waals surface area contributed by atoms with Gasteiger partial charge in [0.05, 0.1) is 29.5 Å². The Labute approximate surface area is 150 Å². The quantitative estimate of drug-likeness (QED) is 0.852. The Hall–Kier alpha value is -1.51. The van der Waals surface area contributed by atoms with Gasteiger partial charge in [0.25, 0.3) is 0 Å². The van der Waals surface area contributed by atoms with Crippen LogP contribution in [0.25, 0.3) is 0 Å². The number of nitrogens with one attached hydrogen (secondary N) is 1. The van der Waals surface area contributed by atoms with E-state index in [0.29, 0.717) is 18.2 Å². The molecule has 2 aliphatic rings. The Kier molecular flexibility index (Phi) is 4.51. The molecule has 2 saturated heterocycles. The number of halogens is 1. The van der Waals surface area contributed by atoms with Crippen LogP contribution in [0.15, 0.2) is 24.5 Å². The fourth-order valence-corrected chi connectivity index (χ4v) is 3.82. The molecule has 5 atom stereocenters. The lowest BCUT2D eigenvalue weighted by Gasteiger charge is -2.39. The molecule has 7 nitrogen and oxygen atoms in total. The normalized spacial score (nSPS) is 31.4. The number of aliphatic hydroxyl groups excluding tert-OH is 1. The van der Waals surface area contributed by atoms with E-state index in [1.807, 2.05) is 26.0 Å². The fourth-order valence-electron chi connectivity index (χ4n) is 3.64. The third-order valence-corrected chi connectivity index (χ3v) is 5.18. The topological polar surface area (TPSA) is 81.4 Å². The second-order valence-electron chi connectivity index (χ2n) is 6.60. The van der Waals surface area contributed by atoms with Crippen LogP contribution in [0.5, 0.6) is 0 Å². The van der Waals surface area contributed by atoms with Gasteiger partial charge in [-0.05, 0) is 31.5 Å². The van der Waals surface area contributed by atoms with Gasteiger partial charge in [0.15, 0.2) is 6.29 Å². The van der Waals surface area contributed by atoms with E-state index in [-0.39, 0.29) is 12.1 Å². The van der Waals surface area contributed by atoms with E-state index < -0.39 is 18.4 Å².